The Kier molecular flexibility index (Phi) is 7.14. The summed E-state index contributed by atoms with van der Waals surface area (Å²) >= 11 is 1.55. The van der Waals surface area contributed by atoms with Crippen LogP contribution in [0.25, 0.3) is 11.4 Å². The lowest BCUT2D eigenvalue weighted by atomic mass is 10.1. The van der Waals surface area contributed by atoms with Gasteiger partial charge in [0.15, 0.2) is 5.82 Å². The predicted octanol–water partition coefficient (Wildman–Crippen LogP) is 4.39. The molecule has 0 atom stereocenters. The third-order valence-electron chi connectivity index (χ3n) is 4.74. The minimum atomic E-state index is -4.44. The van der Waals surface area contributed by atoms with E-state index in [1.807, 2.05) is 24.5 Å². The number of alkyl halides is 3. The molecule has 0 unspecified atom stereocenters. The van der Waals surface area contributed by atoms with Gasteiger partial charge in [-0.1, -0.05) is 17.1 Å². The number of rotatable bonds is 8. The summed E-state index contributed by atoms with van der Waals surface area (Å²) in [5.74, 6) is 0.0246. The predicted molar refractivity (Wildman–Crippen MR) is 116 cm³/mol. The van der Waals surface area contributed by atoms with Crippen molar-refractivity contribution in [3.8, 4) is 17.1 Å². The highest BCUT2D eigenvalue weighted by molar-refractivity contribution is 7.96. The number of likely N-dealkylation sites (N-methyl/N-ethyl adjacent to an activating group) is 1. The molecule has 3 aromatic rings. The minimum absolute atomic E-state index is 0.0910. The number of nitrogens with one attached hydrogen (secondary N) is 2. The van der Waals surface area contributed by atoms with Crippen molar-refractivity contribution in [1.29, 1.82) is 0 Å². The number of pyridine rings is 1. The fourth-order valence-electron chi connectivity index (χ4n) is 2.84. The van der Waals surface area contributed by atoms with Crippen LogP contribution in [0.2, 0.25) is 0 Å². The normalized spacial score (nSPS) is 11.8. The fourth-order valence-corrected chi connectivity index (χ4v) is 3.10. The third-order valence-corrected chi connectivity index (χ3v) is 5.55. The van der Waals surface area contributed by atoms with Gasteiger partial charge in [-0.15, -0.1) is 0 Å². The molecule has 0 aliphatic heterocycles. The van der Waals surface area contributed by atoms with Crippen molar-refractivity contribution in [2.45, 2.75) is 20.0 Å². The number of nitrogens with zero attached hydrogens (tertiary/aromatic N) is 3. The average Bonchev–Trinajstić information content (AvgIpc) is 3.16. The molecule has 2 heterocycles. The molecular weight excluding hydrogens is 447 g/mol. The summed E-state index contributed by atoms with van der Waals surface area (Å²) < 4.78 is 51.3. The Morgan fingerprint density at radius 1 is 1.25 bits per heavy atom. The Bertz CT molecular complexity index is 1130. The zero-order valence-corrected chi connectivity index (χ0v) is 18.6. The molecule has 0 radical (unpaired) electrons. The summed E-state index contributed by atoms with van der Waals surface area (Å²) in [6.45, 7) is 4.57. The van der Waals surface area contributed by atoms with Gasteiger partial charge in [-0.05, 0) is 51.4 Å². The highest BCUT2D eigenvalue weighted by Gasteiger charge is 2.30. The minimum Gasteiger partial charge on any atom is -0.491 e. The van der Waals surface area contributed by atoms with E-state index < -0.39 is 17.5 Å². The second kappa shape index (κ2) is 9.65. The van der Waals surface area contributed by atoms with Crippen molar-refractivity contribution in [2.75, 3.05) is 31.8 Å². The van der Waals surface area contributed by atoms with Crippen LogP contribution in [-0.2, 0) is 6.18 Å². The summed E-state index contributed by atoms with van der Waals surface area (Å²) in [4.78, 5) is 18.6. The number of halogens is 3. The van der Waals surface area contributed by atoms with Crippen LogP contribution in [0.4, 0.5) is 24.7 Å². The molecule has 8 nitrogen and oxygen atoms in total. The van der Waals surface area contributed by atoms with E-state index in [0.717, 1.165) is 17.7 Å². The van der Waals surface area contributed by atoms with Gasteiger partial charge in [0.05, 0.1) is 5.56 Å². The summed E-state index contributed by atoms with van der Waals surface area (Å²) in [5, 5.41) is 6.76. The summed E-state index contributed by atoms with van der Waals surface area (Å²) in [6, 6.07) is 4.53. The molecule has 0 bridgehead atoms. The molecule has 2 N–H and O–H groups in total. The van der Waals surface area contributed by atoms with Crippen molar-refractivity contribution >= 4 is 23.5 Å². The quantitative estimate of drug-likeness (QED) is 0.469. The van der Waals surface area contributed by atoms with Crippen LogP contribution in [0.5, 0.6) is 5.75 Å². The van der Waals surface area contributed by atoms with E-state index in [2.05, 4.69) is 25.0 Å². The Morgan fingerprint density at radius 2 is 1.94 bits per heavy atom. The summed E-state index contributed by atoms with van der Waals surface area (Å²) in [5.41, 5.74) is 1.31. The number of hydrogen-bond donors (Lipinski definition) is 2. The summed E-state index contributed by atoms with van der Waals surface area (Å²) in [7, 11) is 1.92. The molecule has 0 amide bonds. The van der Waals surface area contributed by atoms with Gasteiger partial charge in [-0.25, -0.2) is 9.78 Å². The van der Waals surface area contributed by atoms with Crippen molar-refractivity contribution < 1.29 is 22.4 Å². The van der Waals surface area contributed by atoms with E-state index in [0.29, 0.717) is 35.8 Å². The monoisotopic (exact) mass is 469 g/mol. The van der Waals surface area contributed by atoms with Crippen molar-refractivity contribution in [2.24, 2.45) is 0 Å². The van der Waals surface area contributed by atoms with Crippen LogP contribution in [0.15, 0.2) is 33.6 Å². The van der Waals surface area contributed by atoms with Crippen LogP contribution in [0, 0.1) is 13.8 Å². The van der Waals surface area contributed by atoms with Crippen LogP contribution >= 0.6 is 11.9 Å². The van der Waals surface area contributed by atoms with Crippen molar-refractivity contribution in [3.05, 3.63) is 51.6 Å². The molecule has 0 aliphatic rings. The lowest BCUT2D eigenvalue weighted by molar-refractivity contribution is -0.137. The van der Waals surface area contributed by atoms with Crippen molar-refractivity contribution in [1.82, 2.24) is 19.4 Å². The molecular formula is C20H22F3N5O3S. The Hall–Kier alpha value is -2.99. The number of ether oxygens (including phenoxy) is 1. The molecule has 3 rings (SSSR count). The van der Waals surface area contributed by atoms with Gasteiger partial charge in [0.25, 0.3) is 0 Å². The molecule has 0 spiro atoms. The highest BCUT2D eigenvalue weighted by atomic mass is 32.2. The van der Waals surface area contributed by atoms with E-state index >= 15 is 0 Å². The first-order valence-corrected chi connectivity index (χ1v) is 10.7. The molecule has 0 fully saturated rings. The second-order valence-corrected chi connectivity index (χ2v) is 7.89. The fraction of sp³-hybridized carbons (Fsp3) is 0.350. The molecule has 0 saturated carbocycles. The first-order chi connectivity index (χ1) is 15.1. The topological polar surface area (TPSA) is 96.3 Å². The lowest BCUT2D eigenvalue weighted by Crippen LogP contribution is -2.18. The maximum atomic E-state index is 12.9. The van der Waals surface area contributed by atoms with E-state index in [-0.39, 0.29) is 11.6 Å². The molecule has 0 saturated heterocycles. The molecule has 2 aromatic heterocycles. The van der Waals surface area contributed by atoms with Gasteiger partial charge in [-0.3, -0.25) is 13.8 Å². The number of hydrogen-bond acceptors (Lipinski definition) is 8. The van der Waals surface area contributed by atoms with Gasteiger partial charge < -0.3 is 10.1 Å². The second-order valence-electron chi connectivity index (χ2n) is 6.90. The van der Waals surface area contributed by atoms with Gasteiger partial charge in [0.2, 0.25) is 0 Å². The van der Waals surface area contributed by atoms with Crippen molar-refractivity contribution in [3.63, 3.8) is 0 Å². The number of aromatic nitrogens is 3. The Morgan fingerprint density at radius 3 is 2.50 bits per heavy atom. The number of benzene rings is 1. The maximum Gasteiger partial charge on any atom is 0.439 e. The number of aromatic amines is 1. The summed E-state index contributed by atoms with van der Waals surface area (Å²) in [6.07, 6.45) is -2.49. The van der Waals surface area contributed by atoms with Crippen LogP contribution < -0.4 is 15.8 Å². The van der Waals surface area contributed by atoms with E-state index in [1.165, 1.54) is 12.1 Å². The van der Waals surface area contributed by atoms with Crippen LogP contribution in [-0.4, -0.2) is 45.9 Å². The van der Waals surface area contributed by atoms with Crippen LogP contribution in [0.1, 0.15) is 16.8 Å². The van der Waals surface area contributed by atoms with Gasteiger partial charge in [0.1, 0.15) is 23.7 Å². The van der Waals surface area contributed by atoms with Gasteiger partial charge in [0, 0.05) is 23.5 Å². The van der Waals surface area contributed by atoms with E-state index in [4.69, 9.17) is 4.74 Å². The van der Waals surface area contributed by atoms with Gasteiger partial charge >= 0.3 is 11.9 Å². The maximum absolute atomic E-state index is 12.9. The van der Waals surface area contributed by atoms with E-state index in [1.54, 1.807) is 18.9 Å². The third kappa shape index (κ3) is 5.43. The first-order valence-electron chi connectivity index (χ1n) is 9.50. The molecule has 12 heteroatoms. The Labute approximate surface area is 186 Å². The zero-order chi connectivity index (χ0) is 23.5. The molecule has 0 aliphatic carbocycles. The molecule has 172 valence electrons. The number of aryl methyl sites for hydroxylation is 1. The first kappa shape index (κ1) is 23.7. The lowest BCUT2D eigenvalue weighted by Gasteiger charge is -2.20. The largest absolute Gasteiger partial charge is 0.491 e. The zero-order valence-electron chi connectivity index (χ0n) is 17.8. The van der Waals surface area contributed by atoms with Crippen LogP contribution in [0.3, 0.4) is 0 Å². The van der Waals surface area contributed by atoms with E-state index in [9.17, 15) is 18.0 Å². The number of H-pyrrole nitrogens is 1. The molecule has 32 heavy (non-hydrogen) atoms. The standard InChI is InChI=1S/C20H22F3N5O3S/c1-11-12(2)24-17(25-14-7-5-13(6-8-14)20(21,22)23)15(18-26-19(29)31-27-18)16(11)30-10-9-28(3)32-4/h5-8H,9-10H2,1-4H3,(H,24,25)(H,26,27,29). The molecule has 1 aromatic carbocycles. The Balaban J connectivity index is 2.03. The van der Waals surface area contributed by atoms with Gasteiger partial charge in [-0.2, -0.15) is 13.2 Å². The highest BCUT2D eigenvalue weighted by Crippen LogP contribution is 2.39. The average molecular weight is 469 g/mol. The smallest absolute Gasteiger partial charge is 0.439 e. The SMILES string of the molecule is CSN(C)CCOc1c(C)c(C)nc(Nc2ccc(C(F)(F)F)cc2)c1-c1noc(=O)[nH]1. The number of anilines is 2.